The van der Waals surface area contributed by atoms with Crippen LogP contribution in [-0.4, -0.2) is 11.1 Å². The monoisotopic (exact) mass is 246 g/mol. The van der Waals surface area contributed by atoms with Gasteiger partial charge in [-0.2, -0.15) is 0 Å². The summed E-state index contributed by atoms with van der Waals surface area (Å²) in [4.78, 5) is 12.4. The van der Waals surface area contributed by atoms with Crippen LogP contribution in [0.2, 0.25) is 0 Å². The van der Waals surface area contributed by atoms with Crippen molar-refractivity contribution in [2.45, 2.75) is 20.8 Å². The number of carboxylic acids is 1. The second kappa shape index (κ2) is 4.34. The van der Waals surface area contributed by atoms with E-state index in [0.29, 0.717) is 5.56 Å². The Kier molecular flexibility index (Phi) is 3.03. The van der Waals surface area contributed by atoms with Crippen molar-refractivity contribution in [3.05, 3.63) is 45.1 Å². The molecular weight excluding hydrogens is 232 g/mol. The van der Waals surface area contributed by atoms with Crippen LogP contribution in [0.3, 0.4) is 0 Å². The van der Waals surface area contributed by atoms with Crippen molar-refractivity contribution in [3.63, 3.8) is 0 Å². The minimum absolute atomic E-state index is 0.384. The van der Waals surface area contributed by atoms with Gasteiger partial charge in [-0.05, 0) is 60.5 Å². The number of thiophene rings is 1. The third kappa shape index (κ3) is 2.24. The van der Waals surface area contributed by atoms with Crippen molar-refractivity contribution in [1.29, 1.82) is 0 Å². The summed E-state index contributed by atoms with van der Waals surface area (Å²) in [6.07, 6.45) is 0. The maximum Gasteiger partial charge on any atom is 0.335 e. The Bertz CT molecular complexity index is 582. The van der Waals surface area contributed by atoms with E-state index < -0.39 is 5.97 Å². The first-order chi connectivity index (χ1) is 7.99. The topological polar surface area (TPSA) is 37.3 Å². The lowest BCUT2D eigenvalue weighted by molar-refractivity contribution is 0.0696. The highest BCUT2D eigenvalue weighted by Gasteiger charge is 2.12. The molecule has 0 atom stereocenters. The van der Waals surface area contributed by atoms with Crippen LogP contribution in [0.15, 0.2) is 23.6 Å². The first-order valence-corrected chi connectivity index (χ1v) is 6.27. The van der Waals surface area contributed by atoms with Crippen molar-refractivity contribution in [2.75, 3.05) is 0 Å². The molecule has 0 unspecified atom stereocenters. The molecule has 2 aromatic rings. The number of aromatic carboxylic acids is 1. The lowest BCUT2D eigenvalue weighted by atomic mass is 9.96. The predicted octanol–water partition coefficient (Wildman–Crippen LogP) is 4.04. The molecule has 1 N–H and O–H groups in total. The zero-order valence-electron chi connectivity index (χ0n) is 10.1. The van der Waals surface area contributed by atoms with E-state index in [1.54, 1.807) is 17.4 Å². The van der Waals surface area contributed by atoms with E-state index in [1.165, 1.54) is 4.88 Å². The molecule has 1 heterocycles. The van der Waals surface area contributed by atoms with Crippen molar-refractivity contribution >= 4 is 17.3 Å². The van der Waals surface area contributed by atoms with Crippen LogP contribution >= 0.6 is 11.3 Å². The van der Waals surface area contributed by atoms with Crippen LogP contribution in [0.4, 0.5) is 0 Å². The molecule has 0 aliphatic heterocycles. The number of rotatable bonds is 2. The fraction of sp³-hybridized carbons (Fsp3) is 0.214. The molecule has 0 bridgehead atoms. The number of aryl methyl sites for hydroxylation is 3. The summed E-state index contributed by atoms with van der Waals surface area (Å²) in [5.41, 5.74) is 4.43. The first-order valence-electron chi connectivity index (χ1n) is 5.39. The van der Waals surface area contributed by atoms with Crippen LogP contribution in [0.1, 0.15) is 26.4 Å². The summed E-state index contributed by atoms with van der Waals surface area (Å²) in [5.74, 6) is -0.865. The van der Waals surface area contributed by atoms with Gasteiger partial charge in [0.15, 0.2) is 0 Å². The zero-order chi connectivity index (χ0) is 12.6. The van der Waals surface area contributed by atoms with Crippen LogP contribution < -0.4 is 0 Å². The van der Waals surface area contributed by atoms with Gasteiger partial charge in [0.05, 0.1) is 5.56 Å². The highest BCUT2D eigenvalue weighted by Crippen LogP contribution is 2.30. The summed E-state index contributed by atoms with van der Waals surface area (Å²) in [5, 5.41) is 11.2. The van der Waals surface area contributed by atoms with E-state index in [4.69, 9.17) is 5.11 Å². The molecule has 17 heavy (non-hydrogen) atoms. The summed E-state index contributed by atoms with van der Waals surface area (Å²) in [7, 11) is 0. The fourth-order valence-corrected chi connectivity index (χ4v) is 2.68. The van der Waals surface area contributed by atoms with Crippen LogP contribution in [0.5, 0.6) is 0 Å². The Hall–Kier alpha value is -1.61. The van der Waals surface area contributed by atoms with Gasteiger partial charge in [-0.15, -0.1) is 11.3 Å². The molecule has 1 aromatic carbocycles. The molecular formula is C14H14O2S. The second-order valence-electron chi connectivity index (χ2n) is 4.23. The smallest absolute Gasteiger partial charge is 0.335 e. The number of carbonyl (C=O) groups is 1. The van der Waals surface area contributed by atoms with Gasteiger partial charge >= 0.3 is 5.97 Å². The summed E-state index contributed by atoms with van der Waals surface area (Å²) >= 11 is 1.68. The van der Waals surface area contributed by atoms with Gasteiger partial charge < -0.3 is 5.11 Å². The molecule has 0 saturated heterocycles. The number of carboxylic acid groups (broad SMARTS) is 1. The Morgan fingerprint density at radius 3 is 2.35 bits per heavy atom. The Morgan fingerprint density at radius 1 is 1.12 bits per heavy atom. The third-order valence-electron chi connectivity index (χ3n) is 2.84. The second-order valence-corrected chi connectivity index (χ2v) is 5.35. The van der Waals surface area contributed by atoms with E-state index in [2.05, 4.69) is 18.4 Å². The molecule has 0 radical (unpaired) electrons. The predicted molar refractivity (Wildman–Crippen MR) is 70.9 cm³/mol. The van der Waals surface area contributed by atoms with E-state index in [0.717, 1.165) is 22.3 Å². The minimum atomic E-state index is -0.865. The van der Waals surface area contributed by atoms with Crippen molar-refractivity contribution in [3.8, 4) is 11.1 Å². The number of hydrogen-bond acceptors (Lipinski definition) is 2. The van der Waals surface area contributed by atoms with E-state index >= 15 is 0 Å². The number of hydrogen-bond donors (Lipinski definition) is 1. The summed E-state index contributed by atoms with van der Waals surface area (Å²) in [6, 6.07) is 5.80. The quantitative estimate of drug-likeness (QED) is 0.868. The van der Waals surface area contributed by atoms with Crippen LogP contribution in [-0.2, 0) is 0 Å². The van der Waals surface area contributed by atoms with Crippen molar-refractivity contribution < 1.29 is 9.90 Å². The first kappa shape index (κ1) is 11.9. The lowest BCUT2D eigenvalue weighted by Gasteiger charge is -2.08. The largest absolute Gasteiger partial charge is 0.478 e. The summed E-state index contributed by atoms with van der Waals surface area (Å²) < 4.78 is 0. The normalized spacial score (nSPS) is 10.5. The van der Waals surface area contributed by atoms with Gasteiger partial charge in [0.25, 0.3) is 0 Å². The van der Waals surface area contributed by atoms with Crippen LogP contribution in [0.25, 0.3) is 11.1 Å². The molecule has 0 saturated carbocycles. The highest BCUT2D eigenvalue weighted by molar-refractivity contribution is 7.10. The molecule has 0 aliphatic carbocycles. The Labute approximate surface area is 105 Å². The molecule has 88 valence electrons. The maximum atomic E-state index is 11.1. The van der Waals surface area contributed by atoms with Gasteiger partial charge in [0.1, 0.15) is 0 Å². The van der Waals surface area contributed by atoms with E-state index in [1.807, 2.05) is 19.9 Å². The molecule has 2 rings (SSSR count). The Balaban J connectivity index is 2.62. The molecule has 3 heteroatoms. The van der Waals surface area contributed by atoms with Crippen molar-refractivity contribution in [2.24, 2.45) is 0 Å². The maximum absolute atomic E-state index is 11.1. The molecule has 0 spiro atoms. The zero-order valence-corrected chi connectivity index (χ0v) is 10.9. The van der Waals surface area contributed by atoms with Gasteiger partial charge in [-0.3, -0.25) is 0 Å². The third-order valence-corrected chi connectivity index (χ3v) is 3.70. The van der Waals surface area contributed by atoms with Crippen molar-refractivity contribution in [1.82, 2.24) is 0 Å². The average Bonchev–Trinajstić information content (AvgIpc) is 2.64. The van der Waals surface area contributed by atoms with Gasteiger partial charge in [0.2, 0.25) is 0 Å². The van der Waals surface area contributed by atoms with Crippen LogP contribution in [0, 0.1) is 20.8 Å². The number of benzene rings is 1. The SMILES string of the molecule is Cc1cc(-c2cc(C(=O)O)c(C)cc2C)cs1. The van der Waals surface area contributed by atoms with E-state index in [9.17, 15) is 4.79 Å². The summed E-state index contributed by atoms with van der Waals surface area (Å²) in [6.45, 7) is 5.90. The molecule has 0 amide bonds. The van der Waals surface area contributed by atoms with E-state index in [-0.39, 0.29) is 0 Å². The highest BCUT2D eigenvalue weighted by atomic mass is 32.1. The average molecular weight is 246 g/mol. The molecule has 0 fully saturated rings. The Morgan fingerprint density at radius 2 is 1.82 bits per heavy atom. The van der Waals surface area contributed by atoms with Gasteiger partial charge in [-0.25, -0.2) is 4.79 Å². The fourth-order valence-electron chi connectivity index (χ4n) is 1.98. The minimum Gasteiger partial charge on any atom is -0.478 e. The molecule has 1 aromatic heterocycles. The van der Waals surface area contributed by atoms with Gasteiger partial charge in [-0.1, -0.05) is 6.07 Å². The lowest BCUT2D eigenvalue weighted by Crippen LogP contribution is -2.01. The standard InChI is InChI=1S/C14H14O2S/c1-8-4-9(2)13(14(15)16)6-12(8)11-5-10(3)17-7-11/h4-7H,1-3H3,(H,15,16). The molecule has 0 aliphatic rings. The van der Waals surface area contributed by atoms with Gasteiger partial charge in [0, 0.05) is 4.88 Å². The molecule has 2 nitrogen and oxygen atoms in total.